The average Bonchev–Trinajstić information content (AvgIpc) is 2.71. The molecule has 0 amide bonds. The van der Waals surface area contributed by atoms with Gasteiger partial charge in [0.2, 0.25) is 0 Å². The zero-order valence-electron chi connectivity index (χ0n) is 11.1. The minimum atomic E-state index is -0.116. The molecule has 1 aromatic carbocycles. The molecule has 0 saturated carbocycles. The molecule has 3 rings (SSSR count). The van der Waals surface area contributed by atoms with E-state index in [0.29, 0.717) is 11.2 Å². The Kier molecular flexibility index (Phi) is 3.99. The van der Waals surface area contributed by atoms with Crippen LogP contribution in [0.1, 0.15) is 10.4 Å². The van der Waals surface area contributed by atoms with Gasteiger partial charge in [-0.05, 0) is 76.7 Å². The number of fused-ring (bicyclic) bond motifs is 1. The van der Waals surface area contributed by atoms with Crippen LogP contribution in [0.15, 0.2) is 16.9 Å². The van der Waals surface area contributed by atoms with Crippen LogP contribution in [-0.4, -0.2) is 15.1 Å². The molecule has 3 aromatic rings. The quantitative estimate of drug-likeness (QED) is 0.470. The van der Waals surface area contributed by atoms with Gasteiger partial charge in [0, 0.05) is 10.4 Å². The lowest BCUT2D eigenvalue weighted by atomic mass is 10.2. The van der Waals surface area contributed by atoms with E-state index < -0.39 is 0 Å². The Hall–Kier alpha value is -0.680. The van der Waals surface area contributed by atoms with Crippen LogP contribution in [0.4, 0.5) is 0 Å². The molecular weight excluding hydrogens is 514 g/mol. The number of phenols is 1. The molecule has 0 bridgehead atoms. The number of H-pyrrole nitrogens is 1. The molecule has 0 unspecified atom stereocenters. The first-order valence-electron chi connectivity index (χ1n) is 6.07. The van der Waals surface area contributed by atoms with Crippen molar-refractivity contribution in [2.24, 2.45) is 0 Å². The summed E-state index contributed by atoms with van der Waals surface area (Å²) < 4.78 is 1.46. The van der Waals surface area contributed by atoms with E-state index in [2.05, 4.69) is 55.1 Å². The van der Waals surface area contributed by atoms with E-state index in [1.807, 2.05) is 26.0 Å². The van der Waals surface area contributed by atoms with Crippen LogP contribution in [-0.2, 0) is 0 Å². The van der Waals surface area contributed by atoms with Gasteiger partial charge < -0.3 is 10.1 Å². The first-order chi connectivity index (χ1) is 9.88. The zero-order valence-corrected chi connectivity index (χ0v) is 16.3. The van der Waals surface area contributed by atoms with Crippen LogP contribution in [0.25, 0.3) is 21.6 Å². The molecule has 0 atom stereocenters. The number of benzene rings is 1. The van der Waals surface area contributed by atoms with Crippen LogP contribution < -0.4 is 5.56 Å². The van der Waals surface area contributed by atoms with E-state index in [4.69, 9.17) is 0 Å². The third-order valence-electron chi connectivity index (χ3n) is 3.33. The molecule has 0 fully saturated rings. The maximum absolute atomic E-state index is 12.3. The fourth-order valence-electron chi connectivity index (χ4n) is 2.09. The molecule has 0 saturated heterocycles. The fourth-order valence-corrected chi connectivity index (χ4v) is 4.89. The van der Waals surface area contributed by atoms with Gasteiger partial charge >= 0.3 is 0 Å². The monoisotopic (exact) mass is 524 g/mol. The Morgan fingerprint density at radius 1 is 1.24 bits per heavy atom. The van der Waals surface area contributed by atoms with Crippen LogP contribution in [0, 0.1) is 21.0 Å². The van der Waals surface area contributed by atoms with Crippen molar-refractivity contribution >= 4 is 66.7 Å². The number of rotatable bonds is 1. The van der Waals surface area contributed by atoms with E-state index in [1.165, 1.54) is 11.3 Å². The minimum Gasteiger partial charge on any atom is -0.506 e. The van der Waals surface area contributed by atoms with Gasteiger partial charge in [-0.15, -0.1) is 11.3 Å². The number of nitrogens with one attached hydrogen (secondary N) is 1. The Morgan fingerprint density at radius 2 is 1.86 bits per heavy atom. The number of halogens is 2. The lowest BCUT2D eigenvalue weighted by molar-refractivity contribution is 0.467. The van der Waals surface area contributed by atoms with Gasteiger partial charge in [0.05, 0.1) is 12.5 Å². The Balaban J connectivity index is 2.29. The van der Waals surface area contributed by atoms with Crippen molar-refractivity contribution in [3.05, 3.63) is 40.1 Å². The molecule has 21 heavy (non-hydrogen) atoms. The van der Waals surface area contributed by atoms with E-state index in [1.54, 1.807) is 0 Å². The lowest BCUT2D eigenvalue weighted by Gasteiger charge is -2.05. The number of phenolic OH excluding ortho intramolecular Hbond substituents is 1. The van der Waals surface area contributed by atoms with Crippen LogP contribution >= 0.6 is 56.5 Å². The molecule has 0 aliphatic rings. The van der Waals surface area contributed by atoms with Crippen molar-refractivity contribution in [2.75, 3.05) is 0 Å². The normalized spacial score (nSPS) is 11.2. The highest BCUT2D eigenvalue weighted by Crippen LogP contribution is 2.32. The standard InChI is InChI=1S/C14H10I2N2O2S/c1-5-6(2)21-14-10(5)13(20)17-12(18-14)7-3-8(15)11(19)9(16)4-7/h3-4,19H,1-2H3,(H,17,18,20). The molecule has 0 aliphatic heterocycles. The topological polar surface area (TPSA) is 66.0 Å². The molecule has 0 spiro atoms. The third-order valence-corrected chi connectivity index (χ3v) is 6.08. The molecule has 2 heterocycles. The number of aromatic amines is 1. The van der Waals surface area contributed by atoms with E-state index in [9.17, 15) is 9.90 Å². The number of aromatic nitrogens is 2. The summed E-state index contributed by atoms with van der Waals surface area (Å²) in [6.45, 7) is 3.93. The Morgan fingerprint density at radius 3 is 2.48 bits per heavy atom. The number of hydrogen-bond donors (Lipinski definition) is 2. The van der Waals surface area contributed by atoms with Crippen molar-refractivity contribution < 1.29 is 5.11 Å². The van der Waals surface area contributed by atoms with Crippen molar-refractivity contribution in [3.63, 3.8) is 0 Å². The number of nitrogens with zero attached hydrogens (tertiary/aromatic N) is 1. The Bertz CT molecular complexity index is 908. The smallest absolute Gasteiger partial charge is 0.260 e. The average molecular weight is 524 g/mol. The number of aryl methyl sites for hydroxylation is 2. The van der Waals surface area contributed by atoms with Gasteiger partial charge in [0.15, 0.2) is 0 Å². The predicted octanol–water partition coefficient (Wildman–Crippen LogP) is 4.18. The summed E-state index contributed by atoms with van der Waals surface area (Å²) in [6, 6.07) is 3.63. The van der Waals surface area contributed by atoms with Crippen LogP contribution in [0.3, 0.4) is 0 Å². The molecule has 108 valence electrons. The lowest BCUT2D eigenvalue weighted by Crippen LogP contribution is -2.09. The van der Waals surface area contributed by atoms with Gasteiger partial charge in [0.25, 0.3) is 5.56 Å². The summed E-state index contributed by atoms with van der Waals surface area (Å²) >= 11 is 5.66. The van der Waals surface area contributed by atoms with Crippen molar-refractivity contribution in [3.8, 4) is 17.1 Å². The van der Waals surface area contributed by atoms with Gasteiger partial charge in [-0.2, -0.15) is 0 Å². The van der Waals surface area contributed by atoms with Crippen molar-refractivity contribution in [1.82, 2.24) is 9.97 Å². The summed E-state index contributed by atoms with van der Waals surface area (Å²) in [6.07, 6.45) is 0. The molecule has 0 aliphatic carbocycles. The molecule has 4 nitrogen and oxygen atoms in total. The number of aromatic hydroxyl groups is 1. The van der Waals surface area contributed by atoms with Gasteiger partial charge in [-0.1, -0.05) is 0 Å². The summed E-state index contributed by atoms with van der Waals surface area (Å²) in [7, 11) is 0. The van der Waals surface area contributed by atoms with Crippen LogP contribution in [0.5, 0.6) is 5.75 Å². The SMILES string of the molecule is Cc1sc2nc(-c3cc(I)c(O)c(I)c3)[nH]c(=O)c2c1C. The second-order valence-corrected chi connectivity index (χ2v) is 8.19. The fraction of sp³-hybridized carbons (Fsp3) is 0.143. The first-order valence-corrected chi connectivity index (χ1v) is 9.04. The van der Waals surface area contributed by atoms with Crippen LogP contribution in [0.2, 0.25) is 0 Å². The minimum absolute atomic E-state index is 0.116. The molecular formula is C14H10I2N2O2S. The molecule has 2 N–H and O–H groups in total. The van der Waals surface area contributed by atoms with Crippen molar-refractivity contribution in [1.29, 1.82) is 0 Å². The number of thiophene rings is 1. The highest BCUT2D eigenvalue weighted by atomic mass is 127. The van der Waals surface area contributed by atoms with Gasteiger partial charge in [-0.25, -0.2) is 4.98 Å². The van der Waals surface area contributed by atoms with E-state index >= 15 is 0 Å². The zero-order chi connectivity index (χ0) is 15.3. The largest absolute Gasteiger partial charge is 0.506 e. The number of hydrogen-bond acceptors (Lipinski definition) is 4. The highest BCUT2D eigenvalue weighted by Gasteiger charge is 2.14. The Labute approximate surface area is 151 Å². The molecule has 2 aromatic heterocycles. The third kappa shape index (κ3) is 2.59. The highest BCUT2D eigenvalue weighted by molar-refractivity contribution is 14.1. The predicted molar refractivity (Wildman–Crippen MR) is 102 cm³/mol. The maximum Gasteiger partial charge on any atom is 0.260 e. The summed E-state index contributed by atoms with van der Waals surface area (Å²) in [4.78, 5) is 21.6. The van der Waals surface area contributed by atoms with E-state index in [-0.39, 0.29) is 11.3 Å². The van der Waals surface area contributed by atoms with Crippen molar-refractivity contribution in [2.45, 2.75) is 13.8 Å². The molecule has 7 heteroatoms. The summed E-state index contributed by atoms with van der Waals surface area (Å²) in [5, 5.41) is 10.5. The molecule has 0 radical (unpaired) electrons. The van der Waals surface area contributed by atoms with Gasteiger partial charge in [-0.3, -0.25) is 4.79 Å². The second kappa shape index (κ2) is 5.51. The van der Waals surface area contributed by atoms with Gasteiger partial charge in [0.1, 0.15) is 16.4 Å². The summed E-state index contributed by atoms with van der Waals surface area (Å²) in [5.74, 6) is 0.788. The van der Waals surface area contributed by atoms with E-state index in [0.717, 1.165) is 28.0 Å². The maximum atomic E-state index is 12.3. The summed E-state index contributed by atoms with van der Waals surface area (Å²) in [5.41, 5.74) is 1.67. The second-order valence-electron chi connectivity index (χ2n) is 4.67. The first kappa shape index (κ1) is 15.2.